The lowest BCUT2D eigenvalue weighted by atomic mass is 9.93. The van der Waals surface area contributed by atoms with Gasteiger partial charge < -0.3 is 9.30 Å². The molecule has 5 nitrogen and oxygen atoms in total. The fourth-order valence-electron chi connectivity index (χ4n) is 3.92. The molecule has 0 spiro atoms. The van der Waals surface area contributed by atoms with Crippen LogP contribution in [0.2, 0.25) is 0 Å². The summed E-state index contributed by atoms with van der Waals surface area (Å²) in [7, 11) is 0. The maximum absolute atomic E-state index is 5.98. The molecule has 126 valence electrons. The topological polar surface area (TPSA) is 42.9 Å². The van der Waals surface area contributed by atoms with E-state index < -0.39 is 0 Å². The predicted molar refractivity (Wildman–Crippen MR) is 92.0 cm³/mol. The number of aryl methyl sites for hydroxylation is 1. The Bertz CT molecular complexity index is 719. The summed E-state index contributed by atoms with van der Waals surface area (Å²) >= 11 is 0. The van der Waals surface area contributed by atoms with Gasteiger partial charge in [0.1, 0.15) is 18.2 Å². The number of fused-ring (bicyclic) bond motifs is 1. The van der Waals surface area contributed by atoms with Crippen molar-refractivity contribution in [2.24, 2.45) is 0 Å². The second-order valence-electron chi connectivity index (χ2n) is 7.32. The average Bonchev–Trinajstić information content (AvgIpc) is 3.18. The van der Waals surface area contributed by atoms with Crippen LogP contribution >= 0.6 is 0 Å². The molecule has 0 bridgehead atoms. The summed E-state index contributed by atoms with van der Waals surface area (Å²) in [6.07, 6.45) is 7.67. The SMILES string of the molecule is c1cc(-c2nnc3n2CCCC3)ccc1OCC1CN1C1CCC1. The third kappa shape index (κ3) is 2.61. The van der Waals surface area contributed by atoms with E-state index in [9.17, 15) is 0 Å². The Labute approximate surface area is 142 Å². The lowest BCUT2D eigenvalue weighted by molar-refractivity contribution is 0.215. The molecule has 5 rings (SSSR count). The van der Waals surface area contributed by atoms with Crippen LogP contribution in [0.4, 0.5) is 0 Å². The van der Waals surface area contributed by atoms with Crippen molar-refractivity contribution in [1.29, 1.82) is 0 Å². The summed E-state index contributed by atoms with van der Waals surface area (Å²) in [6, 6.07) is 9.83. The zero-order chi connectivity index (χ0) is 15.9. The molecule has 1 saturated heterocycles. The molecular weight excluding hydrogens is 300 g/mol. The first-order valence-electron chi connectivity index (χ1n) is 9.29. The van der Waals surface area contributed by atoms with Crippen LogP contribution in [0.15, 0.2) is 24.3 Å². The molecule has 5 heteroatoms. The van der Waals surface area contributed by atoms with Crippen molar-refractivity contribution < 1.29 is 4.74 Å². The van der Waals surface area contributed by atoms with Crippen LogP contribution in [-0.2, 0) is 13.0 Å². The first-order valence-corrected chi connectivity index (χ1v) is 9.29. The van der Waals surface area contributed by atoms with Crippen molar-refractivity contribution in [2.75, 3.05) is 13.2 Å². The fraction of sp³-hybridized carbons (Fsp3) is 0.579. The van der Waals surface area contributed by atoms with E-state index >= 15 is 0 Å². The Morgan fingerprint density at radius 3 is 2.71 bits per heavy atom. The molecule has 0 N–H and O–H groups in total. The monoisotopic (exact) mass is 324 g/mol. The molecule has 24 heavy (non-hydrogen) atoms. The lowest BCUT2D eigenvalue weighted by Crippen LogP contribution is -2.29. The van der Waals surface area contributed by atoms with Gasteiger partial charge >= 0.3 is 0 Å². The molecule has 2 fully saturated rings. The molecule has 2 aliphatic heterocycles. The number of hydrogen-bond donors (Lipinski definition) is 0. The van der Waals surface area contributed by atoms with Gasteiger partial charge in [0, 0.05) is 31.1 Å². The molecule has 1 aromatic carbocycles. The van der Waals surface area contributed by atoms with Gasteiger partial charge in [0.05, 0.1) is 6.04 Å². The smallest absolute Gasteiger partial charge is 0.163 e. The van der Waals surface area contributed by atoms with Crippen molar-refractivity contribution in [3.63, 3.8) is 0 Å². The molecule has 2 unspecified atom stereocenters. The Hall–Kier alpha value is -1.88. The summed E-state index contributed by atoms with van der Waals surface area (Å²) in [5, 5.41) is 8.73. The number of aromatic nitrogens is 3. The summed E-state index contributed by atoms with van der Waals surface area (Å²) in [5.41, 5.74) is 1.13. The molecule has 2 atom stereocenters. The highest BCUT2D eigenvalue weighted by molar-refractivity contribution is 5.56. The average molecular weight is 324 g/mol. The van der Waals surface area contributed by atoms with Gasteiger partial charge in [-0.15, -0.1) is 10.2 Å². The third-order valence-corrected chi connectivity index (χ3v) is 5.72. The molecule has 0 radical (unpaired) electrons. The Kier molecular flexibility index (Phi) is 3.55. The standard InChI is InChI=1S/C19H24N4O/c1-2-11-22-18(6-1)20-21-19(22)14-7-9-17(10-8-14)24-13-16-12-23(16)15-4-3-5-15/h7-10,15-16H,1-6,11-13H2. The van der Waals surface area contributed by atoms with Crippen molar-refractivity contribution in [2.45, 2.75) is 57.2 Å². The molecule has 3 aliphatic rings. The molecule has 1 aromatic heterocycles. The lowest BCUT2D eigenvalue weighted by Gasteiger charge is -2.27. The highest BCUT2D eigenvalue weighted by Crippen LogP contribution is 2.34. The van der Waals surface area contributed by atoms with Gasteiger partial charge in [0.2, 0.25) is 0 Å². The largest absolute Gasteiger partial charge is 0.492 e. The summed E-state index contributed by atoms with van der Waals surface area (Å²) in [5.74, 6) is 3.08. The number of rotatable bonds is 5. The first kappa shape index (κ1) is 14.5. The van der Waals surface area contributed by atoms with Crippen molar-refractivity contribution in [3.8, 4) is 17.1 Å². The highest BCUT2D eigenvalue weighted by Gasteiger charge is 2.42. The number of benzene rings is 1. The quantitative estimate of drug-likeness (QED) is 0.793. The van der Waals surface area contributed by atoms with Crippen molar-refractivity contribution >= 4 is 0 Å². The zero-order valence-corrected chi connectivity index (χ0v) is 14.0. The minimum atomic E-state index is 0.637. The summed E-state index contributed by atoms with van der Waals surface area (Å²) in [4.78, 5) is 2.58. The second-order valence-corrected chi connectivity index (χ2v) is 7.32. The van der Waals surface area contributed by atoms with Crippen LogP contribution in [-0.4, -0.2) is 44.9 Å². The zero-order valence-electron chi connectivity index (χ0n) is 14.0. The van der Waals surface area contributed by atoms with E-state index in [4.69, 9.17) is 4.74 Å². The minimum Gasteiger partial charge on any atom is -0.492 e. The Morgan fingerprint density at radius 2 is 1.92 bits per heavy atom. The van der Waals surface area contributed by atoms with E-state index in [1.807, 2.05) is 0 Å². The van der Waals surface area contributed by atoms with Crippen molar-refractivity contribution in [3.05, 3.63) is 30.1 Å². The maximum Gasteiger partial charge on any atom is 0.163 e. The van der Waals surface area contributed by atoms with Gasteiger partial charge in [-0.05, 0) is 49.9 Å². The predicted octanol–water partition coefficient (Wildman–Crippen LogP) is 2.90. The summed E-state index contributed by atoms with van der Waals surface area (Å²) < 4.78 is 8.24. The van der Waals surface area contributed by atoms with E-state index in [0.29, 0.717) is 6.04 Å². The van der Waals surface area contributed by atoms with E-state index in [1.165, 1.54) is 38.6 Å². The summed E-state index contributed by atoms with van der Waals surface area (Å²) in [6.45, 7) is 3.07. The molecule has 2 aromatic rings. The van der Waals surface area contributed by atoms with E-state index in [-0.39, 0.29) is 0 Å². The third-order valence-electron chi connectivity index (χ3n) is 5.72. The highest BCUT2D eigenvalue weighted by atomic mass is 16.5. The van der Waals surface area contributed by atoms with Gasteiger partial charge in [-0.1, -0.05) is 6.42 Å². The van der Waals surface area contributed by atoms with Crippen LogP contribution in [0.25, 0.3) is 11.4 Å². The van der Waals surface area contributed by atoms with Crippen LogP contribution in [0.3, 0.4) is 0 Å². The van der Waals surface area contributed by atoms with Crippen LogP contribution in [0.1, 0.15) is 37.9 Å². The van der Waals surface area contributed by atoms with E-state index in [1.54, 1.807) is 0 Å². The molecular formula is C19H24N4O. The number of ether oxygens (including phenoxy) is 1. The van der Waals surface area contributed by atoms with E-state index in [2.05, 4.69) is 43.9 Å². The number of hydrogen-bond acceptors (Lipinski definition) is 4. The normalized spacial score (nSPS) is 25.8. The van der Waals surface area contributed by atoms with Crippen LogP contribution < -0.4 is 4.74 Å². The fourth-order valence-corrected chi connectivity index (χ4v) is 3.92. The molecule has 0 amide bonds. The van der Waals surface area contributed by atoms with Gasteiger partial charge in [0.25, 0.3) is 0 Å². The Morgan fingerprint density at radius 1 is 1.04 bits per heavy atom. The maximum atomic E-state index is 5.98. The molecule has 1 saturated carbocycles. The van der Waals surface area contributed by atoms with Crippen LogP contribution in [0, 0.1) is 0 Å². The van der Waals surface area contributed by atoms with Crippen LogP contribution in [0.5, 0.6) is 5.75 Å². The Balaban J connectivity index is 1.22. The van der Waals surface area contributed by atoms with E-state index in [0.717, 1.165) is 48.6 Å². The minimum absolute atomic E-state index is 0.637. The first-order chi connectivity index (χ1) is 11.9. The van der Waals surface area contributed by atoms with Gasteiger partial charge in [-0.2, -0.15) is 0 Å². The molecule has 3 heterocycles. The number of nitrogens with zero attached hydrogens (tertiary/aromatic N) is 4. The second kappa shape index (κ2) is 5.88. The van der Waals surface area contributed by atoms with Gasteiger partial charge in [-0.3, -0.25) is 4.90 Å². The van der Waals surface area contributed by atoms with Crippen molar-refractivity contribution in [1.82, 2.24) is 19.7 Å². The van der Waals surface area contributed by atoms with Gasteiger partial charge in [-0.25, -0.2) is 0 Å². The molecule has 1 aliphatic carbocycles. The van der Waals surface area contributed by atoms with Gasteiger partial charge in [0.15, 0.2) is 5.82 Å².